The lowest BCUT2D eigenvalue weighted by atomic mass is 9.99. The summed E-state index contributed by atoms with van der Waals surface area (Å²) in [5.41, 5.74) is 0.830. The van der Waals surface area contributed by atoms with E-state index in [1.54, 1.807) is 0 Å². The zero-order valence-corrected chi connectivity index (χ0v) is 15.9. The van der Waals surface area contributed by atoms with Gasteiger partial charge < -0.3 is 19.7 Å². The van der Waals surface area contributed by atoms with Crippen LogP contribution in [0.15, 0.2) is 54.6 Å². The van der Waals surface area contributed by atoms with E-state index < -0.39 is 0 Å². The number of hydrogen-bond acceptors (Lipinski definition) is 4. The van der Waals surface area contributed by atoms with Crippen LogP contribution < -0.4 is 14.8 Å². The van der Waals surface area contributed by atoms with E-state index in [9.17, 15) is 4.79 Å². The van der Waals surface area contributed by atoms with Crippen molar-refractivity contribution in [2.75, 3.05) is 38.2 Å². The number of para-hydroxylation sites is 3. The first-order chi connectivity index (χ1) is 13.2. The molecule has 1 amide bonds. The number of piperidine rings is 1. The molecule has 0 atom stereocenters. The van der Waals surface area contributed by atoms with Crippen molar-refractivity contribution in [3.05, 3.63) is 54.6 Å². The maximum Gasteiger partial charge on any atom is 0.241 e. The molecule has 5 heteroatoms. The fraction of sp³-hybridized carbons (Fsp3) is 0.409. The average Bonchev–Trinajstić information content (AvgIpc) is 2.71. The molecular weight excluding hydrogens is 340 g/mol. The minimum absolute atomic E-state index is 0.143. The SMILES string of the molecule is CC1CCN(C(=O)CNc2ccccc2OCCOc2ccccc2)CC1. The van der Waals surface area contributed by atoms with Crippen LogP contribution in [-0.2, 0) is 4.79 Å². The highest BCUT2D eigenvalue weighted by atomic mass is 16.5. The van der Waals surface area contributed by atoms with Gasteiger partial charge in [-0.05, 0) is 43.0 Å². The first-order valence-corrected chi connectivity index (χ1v) is 9.63. The molecule has 1 saturated heterocycles. The predicted molar refractivity (Wildman–Crippen MR) is 107 cm³/mol. The van der Waals surface area contributed by atoms with Crippen LogP contribution >= 0.6 is 0 Å². The third-order valence-electron chi connectivity index (χ3n) is 4.81. The van der Waals surface area contributed by atoms with Gasteiger partial charge in [-0.1, -0.05) is 37.3 Å². The Balaban J connectivity index is 1.45. The molecule has 2 aromatic rings. The minimum Gasteiger partial charge on any atom is -0.490 e. The van der Waals surface area contributed by atoms with Gasteiger partial charge >= 0.3 is 0 Å². The molecule has 1 fully saturated rings. The van der Waals surface area contributed by atoms with Gasteiger partial charge in [0.15, 0.2) is 0 Å². The van der Waals surface area contributed by atoms with Gasteiger partial charge in [-0.25, -0.2) is 0 Å². The number of carbonyl (C=O) groups is 1. The fourth-order valence-corrected chi connectivity index (χ4v) is 3.11. The number of rotatable bonds is 8. The third kappa shape index (κ3) is 5.91. The smallest absolute Gasteiger partial charge is 0.241 e. The van der Waals surface area contributed by atoms with Crippen molar-refractivity contribution in [1.29, 1.82) is 0 Å². The number of amides is 1. The fourth-order valence-electron chi connectivity index (χ4n) is 3.11. The largest absolute Gasteiger partial charge is 0.490 e. The van der Waals surface area contributed by atoms with Crippen molar-refractivity contribution in [2.45, 2.75) is 19.8 Å². The normalized spacial score (nSPS) is 14.6. The standard InChI is InChI=1S/C22H28N2O3/c1-18-11-13-24(14-12-18)22(25)17-23-20-9-5-6-10-21(20)27-16-15-26-19-7-3-2-4-8-19/h2-10,18,23H,11-17H2,1H3. The van der Waals surface area contributed by atoms with Crippen LogP contribution in [0.2, 0.25) is 0 Å². The maximum atomic E-state index is 12.4. The Bertz CT molecular complexity index is 713. The molecule has 0 bridgehead atoms. The van der Waals surface area contributed by atoms with Crippen molar-refractivity contribution in [3.63, 3.8) is 0 Å². The van der Waals surface area contributed by atoms with E-state index in [2.05, 4.69) is 12.2 Å². The van der Waals surface area contributed by atoms with Crippen LogP contribution in [0, 0.1) is 5.92 Å². The molecule has 0 radical (unpaired) electrons. The van der Waals surface area contributed by atoms with Crippen molar-refractivity contribution < 1.29 is 14.3 Å². The van der Waals surface area contributed by atoms with E-state index in [0.717, 1.165) is 43.1 Å². The summed E-state index contributed by atoms with van der Waals surface area (Å²) in [6.45, 7) is 5.15. The van der Waals surface area contributed by atoms with E-state index in [4.69, 9.17) is 9.47 Å². The Morgan fingerprint density at radius 3 is 2.44 bits per heavy atom. The Labute approximate surface area is 161 Å². The molecule has 0 spiro atoms. The van der Waals surface area contributed by atoms with Gasteiger partial charge in [0.2, 0.25) is 5.91 Å². The molecule has 1 aliphatic rings. The van der Waals surface area contributed by atoms with E-state index in [1.807, 2.05) is 59.5 Å². The summed E-state index contributed by atoms with van der Waals surface area (Å²) in [6, 6.07) is 17.4. The molecular formula is C22H28N2O3. The van der Waals surface area contributed by atoms with Crippen LogP contribution in [0.5, 0.6) is 11.5 Å². The predicted octanol–water partition coefficient (Wildman–Crippen LogP) is 3.81. The lowest BCUT2D eigenvalue weighted by Gasteiger charge is -2.30. The van der Waals surface area contributed by atoms with Crippen molar-refractivity contribution in [3.8, 4) is 11.5 Å². The summed E-state index contributed by atoms with van der Waals surface area (Å²) in [5.74, 6) is 2.42. The Kier molecular flexibility index (Phi) is 6.97. The molecule has 5 nitrogen and oxygen atoms in total. The molecule has 1 aliphatic heterocycles. The molecule has 0 unspecified atom stereocenters. The van der Waals surface area contributed by atoms with Gasteiger partial charge in [-0.15, -0.1) is 0 Å². The van der Waals surface area contributed by atoms with Crippen molar-refractivity contribution in [1.82, 2.24) is 4.90 Å². The zero-order valence-electron chi connectivity index (χ0n) is 15.9. The lowest BCUT2D eigenvalue weighted by molar-refractivity contribution is -0.130. The highest BCUT2D eigenvalue weighted by molar-refractivity contribution is 5.81. The summed E-state index contributed by atoms with van der Waals surface area (Å²) in [7, 11) is 0. The summed E-state index contributed by atoms with van der Waals surface area (Å²) in [5, 5.41) is 3.22. The highest BCUT2D eigenvalue weighted by Crippen LogP contribution is 2.24. The second-order valence-corrected chi connectivity index (χ2v) is 6.92. The molecule has 0 saturated carbocycles. The first kappa shape index (κ1) is 19.1. The first-order valence-electron chi connectivity index (χ1n) is 9.63. The van der Waals surface area contributed by atoms with Gasteiger partial charge in [0.1, 0.15) is 24.7 Å². The molecule has 27 heavy (non-hydrogen) atoms. The van der Waals surface area contributed by atoms with Gasteiger partial charge in [0.25, 0.3) is 0 Å². The Morgan fingerprint density at radius 1 is 1.00 bits per heavy atom. The van der Waals surface area contributed by atoms with Crippen LogP contribution in [0.4, 0.5) is 5.69 Å². The second kappa shape index (κ2) is 9.86. The van der Waals surface area contributed by atoms with Gasteiger partial charge in [0.05, 0.1) is 12.2 Å². The molecule has 1 heterocycles. The maximum absolute atomic E-state index is 12.4. The number of nitrogens with zero attached hydrogens (tertiary/aromatic N) is 1. The quantitative estimate of drug-likeness (QED) is 0.720. The summed E-state index contributed by atoms with van der Waals surface area (Å²) in [6.07, 6.45) is 2.18. The number of likely N-dealkylation sites (tertiary alicyclic amines) is 1. The Hall–Kier alpha value is -2.69. The van der Waals surface area contributed by atoms with Gasteiger partial charge in [-0.3, -0.25) is 4.79 Å². The van der Waals surface area contributed by atoms with E-state index in [-0.39, 0.29) is 12.5 Å². The number of ether oxygens (including phenoxy) is 2. The van der Waals surface area contributed by atoms with Crippen LogP contribution in [0.3, 0.4) is 0 Å². The van der Waals surface area contributed by atoms with E-state index in [1.165, 1.54) is 0 Å². The lowest BCUT2D eigenvalue weighted by Crippen LogP contribution is -2.40. The average molecular weight is 368 g/mol. The zero-order chi connectivity index (χ0) is 18.9. The minimum atomic E-state index is 0.143. The molecule has 144 valence electrons. The monoisotopic (exact) mass is 368 g/mol. The molecule has 0 aliphatic carbocycles. The van der Waals surface area contributed by atoms with Crippen LogP contribution in [-0.4, -0.2) is 43.7 Å². The van der Waals surface area contributed by atoms with E-state index in [0.29, 0.717) is 19.1 Å². The number of nitrogens with one attached hydrogen (secondary N) is 1. The second-order valence-electron chi connectivity index (χ2n) is 6.92. The van der Waals surface area contributed by atoms with Gasteiger partial charge in [-0.2, -0.15) is 0 Å². The van der Waals surface area contributed by atoms with Crippen LogP contribution in [0.1, 0.15) is 19.8 Å². The number of anilines is 1. The van der Waals surface area contributed by atoms with Crippen molar-refractivity contribution >= 4 is 11.6 Å². The Morgan fingerprint density at radius 2 is 1.67 bits per heavy atom. The molecule has 0 aromatic heterocycles. The summed E-state index contributed by atoms with van der Waals surface area (Å²) >= 11 is 0. The number of carbonyl (C=O) groups excluding carboxylic acids is 1. The third-order valence-corrected chi connectivity index (χ3v) is 4.81. The summed E-state index contributed by atoms with van der Waals surface area (Å²) < 4.78 is 11.5. The summed E-state index contributed by atoms with van der Waals surface area (Å²) in [4.78, 5) is 14.4. The molecule has 3 rings (SSSR count). The molecule has 1 N–H and O–H groups in total. The van der Waals surface area contributed by atoms with E-state index >= 15 is 0 Å². The number of benzene rings is 2. The highest BCUT2D eigenvalue weighted by Gasteiger charge is 2.20. The number of hydrogen-bond donors (Lipinski definition) is 1. The van der Waals surface area contributed by atoms with Gasteiger partial charge in [0, 0.05) is 13.1 Å². The molecule has 2 aromatic carbocycles. The van der Waals surface area contributed by atoms with Crippen molar-refractivity contribution in [2.24, 2.45) is 5.92 Å². The topological polar surface area (TPSA) is 50.8 Å². The van der Waals surface area contributed by atoms with Crippen LogP contribution in [0.25, 0.3) is 0 Å².